The van der Waals surface area contributed by atoms with Crippen molar-refractivity contribution in [1.82, 2.24) is 19.9 Å². The van der Waals surface area contributed by atoms with E-state index in [0.29, 0.717) is 32.8 Å². The number of pyridine rings is 2. The van der Waals surface area contributed by atoms with Gasteiger partial charge in [0.2, 0.25) is 0 Å². The van der Waals surface area contributed by atoms with Gasteiger partial charge in [0, 0.05) is 10.8 Å². The number of rotatable bonds is 0. The molecule has 0 aliphatic carbocycles. The van der Waals surface area contributed by atoms with Gasteiger partial charge in [-0.2, -0.15) is 0 Å². The predicted octanol–water partition coefficient (Wildman–Crippen LogP) is 4.15. The van der Waals surface area contributed by atoms with Gasteiger partial charge < -0.3 is 9.97 Å². The van der Waals surface area contributed by atoms with Crippen LogP contribution >= 0.6 is 0 Å². The van der Waals surface area contributed by atoms with Crippen LogP contribution in [0.5, 0.6) is 0 Å². The Bertz CT molecular complexity index is 1530. The van der Waals surface area contributed by atoms with Gasteiger partial charge in [0.15, 0.2) is 0 Å². The molecule has 5 rings (SSSR count). The summed E-state index contributed by atoms with van der Waals surface area (Å²) in [6.07, 6.45) is 0. The molecule has 2 aromatic carbocycles. The molecule has 0 radical (unpaired) electrons. The van der Waals surface area contributed by atoms with Crippen molar-refractivity contribution in [2.24, 2.45) is 0 Å². The first-order chi connectivity index (χ1) is 14.7. The highest BCUT2D eigenvalue weighted by Crippen LogP contribution is 2.15. The third-order valence-electron chi connectivity index (χ3n) is 4.87. The summed E-state index contributed by atoms with van der Waals surface area (Å²) >= 11 is 0. The Kier molecular flexibility index (Phi) is 4.29. The molecular formula is C24H16N4O2. The highest BCUT2D eigenvalue weighted by atomic mass is 16.1. The number of hydrogen-bond donors (Lipinski definition) is 2. The van der Waals surface area contributed by atoms with Crippen molar-refractivity contribution in [3.05, 3.63) is 106 Å². The highest BCUT2D eigenvalue weighted by Gasteiger charge is 2.01. The van der Waals surface area contributed by atoms with Gasteiger partial charge in [0.25, 0.3) is 11.1 Å². The first-order valence-corrected chi connectivity index (χ1v) is 9.45. The van der Waals surface area contributed by atoms with Gasteiger partial charge >= 0.3 is 0 Å². The fraction of sp³-hybridized carbons (Fsp3) is 0. The Hall–Kier alpha value is -4.32. The Balaban J connectivity index is 2.12. The summed E-state index contributed by atoms with van der Waals surface area (Å²) in [5.41, 5.74) is 2.29. The van der Waals surface area contributed by atoms with Crippen LogP contribution in [-0.2, 0) is 0 Å². The SMILES string of the molecule is O=c1[nH]c2ccccc2c2cccc(n2)c(=O)[nH]c2ccccc2c2cccc1n2. The minimum atomic E-state index is -0.320. The number of aromatic amines is 2. The lowest BCUT2D eigenvalue weighted by Crippen LogP contribution is -2.06. The molecule has 2 N–H and O–H groups in total. The maximum atomic E-state index is 12.9. The zero-order valence-corrected chi connectivity index (χ0v) is 15.8. The van der Waals surface area contributed by atoms with Gasteiger partial charge in [-0.25, -0.2) is 9.97 Å². The number of fused-ring (bicyclic) bond motifs is 8. The number of para-hydroxylation sites is 2. The molecular weight excluding hydrogens is 376 g/mol. The molecule has 6 heteroatoms. The molecule has 0 unspecified atom stereocenters. The van der Waals surface area contributed by atoms with Gasteiger partial charge in [-0.05, 0) is 36.4 Å². The Morgan fingerprint density at radius 3 is 1.33 bits per heavy atom. The van der Waals surface area contributed by atoms with Crippen molar-refractivity contribution < 1.29 is 0 Å². The maximum Gasteiger partial charge on any atom is 0.274 e. The number of hydrogen-bond acceptors (Lipinski definition) is 4. The fourth-order valence-corrected chi connectivity index (χ4v) is 3.43. The molecule has 0 spiro atoms. The van der Waals surface area contributed by atoms with Crippen LogP contribution in [0.15, 0.2) is 94.5 Å². The van der Waals surface area contributed by atoms with Crippen LogP contribution in [0.3, 0.4) is 0 Å². The molecule has 3 aromatic heterocycles. The van der Waals surface area contributed by atoms with Gasteiger partial charge in [-0.1, -0.05) is 48.5 Å². The van der Waals surface area contributed by atoms with Crippen LogP contribution in [0.2, 0.25) is 0 Å². The molecule has 0 saturated carbocycles. The Labute approximate surface area is 169 Å². The van der Waals surface area contributed by atoms with E-state index in [1.54, 1.807) is 48.5 Å². The summed E-state index contributed by atoms with van der Waals surface area (Å²) < 4.78 is 0. The van der Waals surface area contributed by atoms with E-state index in [4.69, 9.17) is 0 Å². The Morgan fingerprint density at radius 2 is 0.867 bits per heavy atom. The summed E-state index contributed by atoms with van der Waals surface area (Å²) in [5.74, 6) is 0. The van der Waals surface area contributed by atoms with Crippen LogP contribution in [0.1, 0.15) is 0 Å². The van der Waals surface area contributed by atoms with E-state index < -0.39 is 0 Å². The fourth-order valence-electron chi connectivity index (χ4n) is 3.43. The van der Waals surface area contributed by atoms with Crippen molar-refractivity contribution in [3.63, 3.8) is 0 Å². The van der Waals surface area contributed by atoms with E-state index in [9.17, 15) is 9.59 Å². The second-order valence-electron chi connectivity index (χ2n) is 6.82. The van der Waals surface area contributed by atoms with E-state index in [2.05, 4.69) is 19.9 Å². The number of aromatic nitrogens is 4. The topological polar surface area (TPSA) is 91.5 Å². The third-order valence-corrected chi connectivity index (χ3v) is 4.87. The lowest BCUT2D eigenvalue weighted by molar-refractivity contribution is 1.29. The van der Waals surface area contributed by atoms with Crippen LogP contribution in [-0.4, -0.2) is 19.9 Å². The second-order valence-corrected chi connectivity index (χ2v) is 6.82. The van der Waals surface area contributed by atoms with Crippen molar-refractivity contribution in [2.45, 2.75) is 0 Å². The molecule has 144 valence electrons. The summed E-state index contributed by atoms with van der Waals surface area (Å²) in [6.45, 7) is 0. The van der Waals surface area contributed by atoms with Gasteiger partial charge in [-0.15, -0.1) is 0 Å². The van der Waals surface area contributed by atoms with Crippen LogP contribution < -0.4 is 11.1 Å². The first-order valence-electron chi connectivity index (χ1n) is 9.45. The van der Waals surface area contributed by atoms with Crippen molar-refractivity contribution in [3.8, 4) is 0 Å². The number of benzene rings is 2. The number of H-pyrrole nitrogens is 2. The molecule has 0 fully saturated rings. The van der Waals surface area contributed by atoms with Crippen molar-refractivity contribution in [1.29, 1.82) is 0 Å². The lowest BCUT2D eigenvalue weighted by Gasteiger charge is -1.99. The third kappa shape index (κ3) is 3.20. The van der Waals surface area contributed by atoms with E-state index >= 15 is 0 Å². The van der Waals surface area contributed by atoms with Gasteiger partial charge in [0.1, 0.15) is 11.0 Å². The molecule has 6 nitrogen and oxygen atoms in total. The van der Waals surface area contributed by atoms with Gasteiger partial charge in [-0.3, -0.25) is 9.59 Å². The summed E-state index contributed by atoms with van der Waals surface area (Å²) in [7, 11) is 0. The Morgan fingerprint density at radius 1 is 0.467 bits per heavy atom. The monoisotopic (exact) mass is 392 g/mol. The summed E-state index contributed by atoms with van der Waals surface area (Å²) in [4.78, 5) is 40.8. The van der Waals surface area contributed by atoms with E-state index in [0.717, 1.165) is 0 Å². The molecule has 4 bridgehead atoms. The zero-order valence-electron chi connectivity index (χ0n) is 15.8. The summed E-state index contributed by atoms with van der Waals surface area (Å²) in [6, 6.07) is 25.2. The van der Waals surface area contributed by atoms with Crippen molar-refractivity contribution in [2.75, 3.05) is 0 Å². The molecule has 30 heavy (non-hydrogen) atoms. The molecule has 5 aromatic rings. The second kappa shape index (κ2) is 7.25. The van der Waals surface area contributed by atoms with E-state index in [1.807, 2.05) is 36.4 Å². The summed E-state index contributed by atoms with van der Waals surface area (Å²) in [5, 5.41) is 1.43. The first kappa shape index (κ1) is 17.8. The maximum absolute atomic E-state index is 12.9. The number of nitrogens with one attached hydrogen (secondary N) is 2. The lowest BCUT2D eigenvalue weighted by atomic mass is 10.2. The molecule has 0 saturated heterocycles. The minimum Gasteiger partial charge on any atom is -0.320 e. The molecule has 0 amide bonds. The molecule has 0 atom stereocenters. The normalized spacial score (nSPS) is 10.9. The average molecular weight is 392 g/mol. The molecule has 0 aliphatic heterocycles. The smallest absolute Gasteiger partial charge is 0.274 e. The standard InChI is InChI=1S/C24H16N4O2/c29-23-22-14-6-12-18(26-22)16-8-2-4-10-20(16)28-24(30)21-13-5-11-17(25-21)15-7-1-3-9-19(15)27-23/h1-14H,(H,27,29)(H,28,30). The average Bonchev–Trinajstić information content (AvgIpc) is 2.79. The van der Waals surface area contributed by atoms with E-state index in [1.165, 1.54) is 0 Å². The highest BCUT2D eigenvalue weighted by molar-refractivity contribution is 5.94. The quantitative estimate of drug-likeness (QED) is 0.414. The molecule has 0 aliphatic rings. The van der Waals surface area contributed by atoms with Crippen LogP contribution in [0.25, 0.3) is 43.9 Å². The van der Waals surface area contributed by atoms with Crippen LogP contribution in [0, 0.1) is 0 Å². The van der Waals surface area contributed by atoms with Crippen LogP contribution in [0.4, 0.5) is 0 Å². The minimum absolute atomic E-state index is 0.280. The largest absolute Gasteiger partial charge is 0.320 e. The predicted molar refractivity (Wildman–Crippen MR) is 120 cm³/mol. The number of nitrogens with zero attached hydrogens (tertiary/aromatic N) is 2. The van der Waals surface area contributed by atoms with E-state index in [-0.39, 0.29) is 22.2 Å². The molecule has 3 heterocycles. The van der Waals surface area contributed by atoms with Crippen molar-refractivity contribution >= 4 is 43.9 Å². The van der Waals surface area contributed by atoms with Gasteiger partial charge in [0.05, 0.1) is 22.1 Å². The zero-order chi connectivity index (χ0) is 20.5.